The van der Waals surface area contributed by atoms with Crippen molar-refractivity contribution in [3.8, 4) is 0 Å². The Morgan fingerprint density at radius 1 is 0.800 bits per heavy atom. The largest absolute Gasteiger partial charge is 0.242 e. The molecule has 0 fully saturated rings. The Labute approximate surface area is 88.7 Å². The van der Waals surface area contributed by atoms with Gasteiger partial charge >= 0.3 is 0 Å². The Kier molecular flexibility index (Phi) is 4.69. The van der Waals surface area contributed by atoms with E-state index in [4.69, 9.17) is 69.6 Å². The van der Waals surface area contributed by atoms with Gasteiger partial charge in [-0.2, -0.15) is 0 Å². The quantitative estimate of drug-likeness (QED) is 0.434. The van der Waals surface area contributed by atoms with Gasteiger partial charge in [-0.05, 0) is 0 Å². The van der Waals surface area contributed by atoms with Gasteiger partial charge in [-0.1, -0.05) is 69.6 Å². The Bertz CT molecular complexity index is 99.9. The van der Waals surface area contributed by atoms with E-state index in [1.54, 1.807) is 0 Å². The molecule has 0 bridgehead atoms. The second kappa shape index (κ2) is 3.87. The fourth-order valence-corrected chi connectivity index (χ4v) is 3.88. The molecule has 0 rings (SSSR count). The van der Waals surface area contributed by atoms with Crippen molar-refractivity contribution in [2.45, 2.75) is 7.07 Å². The highest BCUT2D eigenvalue weighted by Gasteiger charge is 2.47. The zero-order valence-electron chi connectivity index (χ0n) is 4.09. The molecule has 0 spiro atoms. The third-order valence-corrected chi connectivity index (χ3v) is 4.01. The third-order valence-electron chi connectivity index (χ3n) is 0.445. The summed E-state index contributed by atoms with van der Waals surface area (Å²) in [6.07, 6.45) is 0. The smallest absolute Gasteiger partial charge is 0.218 e. The van der Waals surface area contributed by atoms with Crippen molar-refractivity contribution in [1.29, 1.82) is 0 Å². The van der Waals surface area contributed by atoms with E-state index in [2.05, 4.69) is 0 Å². The maximum absolute atomic E-state index is 12.7. The van der Waals surface area contributed by atoms with Crippen LogP contribution in [0.1, 0.15) is 0 Å². The van der Waals surface area contributed by atoms with Gasteiger partial charge < -0.3 is 0 Å². The highest BCUT2D eigenvalue weighted by molar-refractivity contribution is 7.68. The molecule has 0 aromatic rings. The normalized spacial score (nSPS) is 14.4. The predicted octanol–water partition coefficient (Wildman–Crippen LogP) is 5.01. The van der Waals surface area contributed by atoms with Gasteiger partial charge in [-0.25, -0.2) is 4.20 Å². The van der Waals surface area contributed by atoms with Crippen LogP contribution in [0.3, 0.4) is 0 Å². The second-order valence-electron chi connectivity index (χ2n) is 1.22. The van der Waals surface area contributed by atoms with E-state index in [0.29, 0.717) is 0 Å². The summed E-state index contributed by atoms with van der Waals surface area (Å²) in [5.41, 5.74) is 0. The van der Waals surface area contributed by atoms with Crippen molar-refractivity contribution in [2.75, 3.05) is 0 Å². The van der Waals surface area contributed by atoms with E-state index < -0.39 is 15.3 Å². The van der Waals surface area contributed by atoms with Crippen LogP contribution < -0.4 is 0 Å². The van der Waals surface area contributed by atoms with Gasteiger partial charge in [0.2, 0.25) is 7.07 Å². The molecular weight excluding hydrogens is 287 g/mol. The minimum atomic E-state index is -2.77. The summed E-state index contributed by atoms with van der Waals surface area (Å²) < 4.78 is 8.41. The lowest BCUT2D eigenvalue weighted by molar-refractivity contribution is 0.883. The number of alkyl halides is 6. The molecule has 0 saturated heterocycles. The molecular formula is C2Cl6FP. The molecule has 0 nitrogen and oxygen atoms in total. The van der Waals surface area contributed by atoms with Gasteiger partial charge in [0.1, 0.15) is 0 Å². The molecule has 62 valence electrons. The van der Waals surface area contributed by atoms with Gasteiger partial charge in [0.05, 0.1) is 0 Å². The van der Waals surface area contributed by atoms with Gasteiger partial charge in [0.25, 0.3) is 0 Å². The SMILES string of the molecule is FP(C(Cl)(Cl)Cl)C(Cl)(Cl)Cl. The summed E-state index contributed by atoms with van der Waals surface area (Å²) in [5, 5.41) is 0. The zero-order valence-corrected chi connectivity index (χ0v) is 9.52. The van der Waals surface area contributed by atoms with Crippen molar-refractivity contribution >= 4 is 77.8 Å². The van der Waals surface area contributed by atoms with E-state index >= 15 is 0 Å². The molecule has 0 aromatic heterocycles. The van der Waals surface area contributed by atoms with E-state index in [1.807, 2.05) is 0 Å². The minimum absolute atomic E-state index is 2.14. The van der Waals surface area contributed by atoms with Crippen LogP contribution in [0.15, 0.2) is 0 Å². The monoisotopic (exact) mass is 284 g/mol. The summed E-state index contributed by atoms with van der Waals surface area (Å²) in [6.45, 7) is 0. The van der Waals surface area contributed by atoms with Crippen molar-refractivity contribution < 1.29 is 4.20 Å². The molecule has 0 N–H and O–H groups in total. The molecule has 8 heteroatoms. The summed E-state index contributed by atoms with van der Waals surface area (Å²) in [4.78, 5) is 0. The maximum Gasteiger partial charge on any atom is 0.242 e. The first-order valence-corrected chi connectivity index (χ1v) is 5.25. The van der Waals surface area contributed by atoms with E-state index in [9.17, 15) is 4.20 Å². The lowest BCUT2D eigenvalue weighted by Gasteiger charge is -2.21. The topological polar surface area (TPSA) is 0 Å². The summed E-state index contributed by atoms with van der Waals surface area (Å²) in [6, 6.07) is 0. The van der Waals surface area contributed by atoms with Crippen LogP contribution in [-0.4, -0.2) is 7.07 Å². The van der Waals surface area contributed by atoms with Crippen molar-refractivity contribution in [1.82, 2.24) is 0 Å². The van der Waals surface area contributed by atoms with Crippen LogP contribution in [-0.2, 0) is 0 Å². The second-order valence-corrected chi connectivity index (χ2v) is 9.26. The van der Waals surface area contributed by atoms with Crippen LogP contribution in [0.4, 0.5) is 4.20 Å². The average molecular weight is 287 g/mol. The molecule has 0 unspecified atom stereocenters. The Morgan fingerprint density at radius 2 is 1.00 bits per heavy atom. The molecule has 0 atom stereocenters. The van der Waals surface area contributed by atoms with E-state index in [1.165, 1.54) is 0 Å². The first-order chi connectivity index (χ1) is 4.15. The molecule has 0 heterocycles. The highest BCUT2D eigenvalue weighted by Crippen LogP contribution is 2.71. The summed E-state index contributed by atoms with van der Waals surface area (Å²) in [5.74, 6) is 0. The van der Waals surface area contributed by atoms with Crippen LogP contribution >= 0.6 is 77.8 Å². The van der Waals surface area contributed by atoms with Crippen molar-refractivity contribution in [3.05, 3.63) is 0 Å². The van der Waals surface area contributed by atoms with Gasteiger partial charge in [-0.15, -0.1) is 0 Å². The van der Waals surface area contributed by atoms with Crippen LogP contribution in [0.2, 0.25) is 0 Å². The van der Waals surface area contributed by atoms with Gasteiger partial charge in [-0.3, -0.25) is 0 Å². The predicted molar refractivity (Wildman–Crippen MR) is 48.6 cm³/mol. The Balaban J connectivity index is 4.23. The Hall–Kier alpha value is 2.10. The fourth-order valence-electron chi connectivity index (χ4n) is 0.144. The lowest BCUT2D eigenvalue weighted by Crippen LogP contribution is -2.08. The first-order valence-electron chi connectivity index (χ1n) is 1.75. The standard InChI is InChI=1S/C2Cl6FP/c3-1(4,5)10(9)2(6,7)8. The molecule has 0 aliphatic heterocycles. The van der Waals surface area contributed by atoms with Crippen LogP contribution in [0.5, 0.6) is 0 Å². The summed E-state index contributed by atoms with van der Waals surface area (Å²) >= 11 is 30.6. The highest BCUT2D eigenvalue weighted by atomic mass is 35.6. The maximum atomic E-state index is 12.7. The van der Waals surface area contributed by atoms with Crippen molar-refractivity contribution in [2.24, 2.45) is 0 Å². The number of hydrogen-bond donors (Lipinski definition) is 0. The first kappa shape index (κ1) is 12.1. The zero-order chi connectivity index (χ0) is 8.58. The summed E-state index contributed by atoms with van der Waals surface area (Å²) in [7, 11) is -2.77. The van der Waals surface area contributed by atoms with Gasteiger partial charge in [0.15, 0.2) is 8.23 Å². The average Bonchev–Trinajstić information content (AvgIpc) is 1.59. The van der Waals surface area contributed by atoms with E-state index in [-0.39, 0.29) is 0 Å². The molecule has 10 heavy (non-hydrogen) atoms. The molecule has 0 amide bonds. The number of halogens is 7. The molecule has 0 aliphatic rings. The fraction of sp³-hybridized carbons (Fsp3) is 1.00. The van der Waals surface area contributed by atoms with Crippen molar-refractivity contribution in [3.63, 3.8) is 0 Å². The van der Waals surface area contributed by atoms with Crippen LogP contribution in [0, 0.1) is 0 Å². The Morgan fingerprint density at radius 3 is 1.00 bits per heavy atom. The van der Waals surface area contributed by atoms with Gasteiger partial charge in [0, 0.05) is 0 Å². The lowest BCUT2D eigenvalue weighted by atomic mass is 11.8. The third kappa shape index (κ3) is 4.21. The minimum Gasteiger partial charge on any atom is -0.218 e. The van der Waals surface area contributed by atoms with Crippen LogP contribution in [0.25, 0.3) is 0 Å². The molecule has 0 aromatic carbocycles. The molecule has 0 radical (unpaired) electrons. The number of rotatable bonds is 0. The molecule has 0 aliphatic carbocycles. The van der Waals surface area contributed by atoms with E-state index in [0.717, 1.165) is 0 Å². The number of hydrogen-bond acceptors (Lipinski definition) is 0. The molecule has 0 saturated carbocycles.